The van der Waals surface area contributed by atoms with E-state index in [4.69, 9.17) is 16.2 Å². The molecule has 0 saturated heterocycles. The monoisotopic (exact) mass is 262 g/mol. The highest BCUT2D eigenvalue weighted by molar-refractivity contribution is 7.98. The number of para-hydroxylation sites is 1. The van der Waals surface area contributed by atoms with Gasteiger partial charge in [-0.05, 0) is 6.07 Å². The summed E-state index contributed by atoms with van der Waals surface area (Å²) in [7, 11) is 1.65. The molecule has 1 heterocycles. The van der Waals surface area contributed by atoms with Gasteiger partial charge in [0.15, 0.2) is 5.16 Å². The summed E-state index contributed by atoms with van der Waals surface area (Å²) in [6.45, 7) is 0. The molecule has 0 spiro atoms. The number of aromatic nitrogens is 2. The van der Waals surface area contributed by atoms with Crippen molar-refractivity contribution in [2.24, 2.45) is 0 Å². The SMILES string of the molecule is COc1ccccc1CSc1nc(N)cc(N)n1. The van der Waals surface area contributed by atoms with Crippen LogP contribution in [-0.4, -0.2) is 17.1 Å². The molecule has 0 saturated carbocycles. The fraction of sp³-hybridized carbons (Fsp3) is 0.167. The standard InChI is InChI=1S/C12H14N4OS/c1-17-9-5-3-2-4-8(9)7-18-12-15-10(13)6-11(14)16-12/h2-6H,7H2,1H3,(H4,13,14,15,16). The molecule has 1 aromatic heterocycles. The number of benzene rings is 1. The molecule has 0 atom stereocenters. The van der Waals surface area contributed by atoms with E-state index in [2.05, 4.69) is 9.97 Å². The summed E-state index contributed by atoms with van der Waals surface area (Å²) in [5, 5.41) is 0.568. The quantitative estimate of drug-likeness (QED) is 0.647. The Hall–Kier alpha value is -1.95. The van der Waals surface area contributed by atoms with E-state index in [0.717, 1.165) is 11.3 Å². The molecule has 94 valence electrons. The molecule has 5 nitrogen and oxygen atoms in total. The van der Waals surface area contributed by atoms with Gasteiger partial charge >= 0.3 is 0 Å². The Kier molecular flexibility index (Phi) is 3.88. The summed E-state index contributed by atoms with van der Waals surface area (Å²) in [6, 6.07) is 9.36. The van der Waals surface area contributed by atoms with E-state index in [1.54, 1.807) is 7.11 Å². The first-order valence-electron chi connectivity index (χ1n) is 5.34. The van der Waals surface area contributed by atoms with Crippen LogP contribution >= 0.6 is 11.8 Å². The second-order valence-electron chi connectivity index (χ2n) is 3.60. The van der Waals surface area contributed by atoms with E-state index >= 15 is 0 Å². The van der Waals surface area contributed by atoms with Gasteiger partial charge in [-0.2, -0.15) is 0 Å². The summed E-state index contributed by atoms with van der Waals surface area (Å²) in [4.78, 5) is 8.23. The molecular formula is C12H14N4OS. The summed E-state index contributed by atoms with van der Waals surface area (Å²) in [5.41, 5.74) is 12.3. The molecule has 0 aliphatic carbocycles. The normalized spacial score (nSPS) is 10.3. The van der Waals surface area contributed by atoms with Gasteiger partial charge in [0.1, 0.15) is 17.4 Å². The smallest absolute Gasteiger partial charge is 0.191 e. The van der Waals surface area contributed by atoms with Crippen LogP contribution < -0.4 is 16.2 Å². The average molecular weight is 262 g/mol. The summed E-state index contributed by atoms with van der Waals surface area (Å²) < 4.78 is 5.28. The molecule has 2 aromatic rings. The Balaban J connectivity index is 2.11. The van der Waals surface area contributed by atoms with Crippen LogP contribution in [0.1, 0.15) is 5.56 Å². The predicted octanol–water partition coefficient (Wildman–Crippen LogP) is 1.94. The number of nitrogen functional groups attached to an aromatic ring is 2. The number of hydrogen-bond acceptors (Lipinski definition) is 6. The third kappa shape index (κ3) is 3.04. The second-order valence-corrected chi connectivity index (χ2v) is 4.54. The van der Waals surface area contributed by atoms with Crippen LogP contribution in [0.2, 0.25) is 0 Å². The number of anilines is 2. The van der Waals surface area contributed by atoms with Gasteiger partial charge in [0, 0.05) is 17.4 Å². The van der Waals surface area contributed by atoms with Crippen molar-refractivity contribution in [2.45, 2.75) is 10.9 Å². The molecule has 0 radical (unpaired) electrons. The number of thioether (sulfide) groups is 1. The topological polar surface area (TPSA) is 87.0 Å². The van der Waals surface area contributed by atoms with Gasteiger partial charge in [-0.1, -0.05) is 30.0 Å². The summed E-state index contributed by atoms with van der Waals surface area (Å²) >= 11 is 1.47. The zero-order valence-electron chi connectivity index (χ0n) is 9.96. The molecule has 18 heavy (non-hydrogen) atoms. The van der Waals surface area contributed by atoms with E-state index in [0.29, 0.717) is 22.5 Å². The van der Waals surface area contributed by atoms with Crippen LogP contribution in [-0.2, 0) is 5.75 Å². The van der Waals surface area contributed by atoms with Gasteiger partial charge in [-0.25, -0.2) is 9.97 Å². The number of methoxy groups -OCH3 is 1. The molecule has 4 N–H and O–H groups in total. The average Bonchev–Trinajstić information content (AvgIpc) is 2.35. The molecule has 0 fully saturated rings. The van der Waals surface area contributed by atoms with Gasteiger partial charge in [0.05, 0.1) is 7.11 Å². The van der Waals surface area contributed by atoms with E-state index < -0.39 is 0 Å². The van der Waals surface area contributed by atoms with E-state index in [-0.39, 0.29) is 0 Å². The van der Waals surface area contributed by atoms with Crippen LogP contribution in [0.5, 0.6) is 5.75 Å². The Morgan fingerprint density at radius 2 is 1.83 bits per heavy atom. The van der Waals surface area contributed by atoms with Gasteiger partial charge in [0.2, 0.25) is 0 Å². The lowest BCUT2D eigenvalue weighted by atomic mass is 10.2. The predicted molar refractivity (Wildman–Crippen MR) is 73.4 cm³/mol. The number of nitrogens with two attached hydrogens (primary N) is 2. The minimum Gasteiger partial charge on any atom is -0.496 e. The molecule has 0 aliphatic heterocycles. The molecule has 0 amide bonds. The largest absolute Gasteiger partial charge is 0.496 e. The fourth-order valence-corrected chi connectivity index (χ4v) is 2.35. The summed E-state index contributed by atoms with van der Waals surface area (Å²) in [6.07, 6.45) is 0. The number of nitrogens with zero attached hydrogens (tertiary/aromatic N) is 2. The van der Waals surface area contributed by atoms with Crippen molar-refractivity contribution in [1.29, 1.82) is 0 Å². The van der Waals surface area contributed by atoms with Gasteiger partial charge in [0.25, 0.3) is 0 Å². The number of ether oxygens (including phenoxy) is 1. The van der Waals surface area contributed by atoms with Crippen LogP contribution in [0.15, 0.2) is 35.5 Å². The molecule has 1 aromatic carbocycles. The van der Waals surface area contributed by atoms with Crippen LogP contribution in [0, 0.1) is 0 Å². The first-order chi connectivity index (χ1) is 8.69. The first kappa shape index (κ1) is 12.5. The zero-order valence-corrected chi connectivity index (χ0v) is 10.8. The number of rotatable bonds is 4. The van der Waals surface area contributed by atoms with E-state index in [1.165, 1.54) is 17.8 Å². The van der Waals surface area contributed by atoms with Crippen molar-refractivity contribution < 1.29 is 4.74 Å². The van der Waals surface area contributed by atoms with Gasteiger partial charge < -0.3 is 16.2 Å². The van der Waals surface area contributed by atoms with E-state index in [9.17, 15) is 0 Å². The lowest BCUT2D eigenvalue weighted by Crippen LogP contribution is -1.99. The molecule has 6 heteroatoms. The Morgan fingerprint density at radius 3 is 2.50 bits per heavy atom. The fourth-order valence-electron chi connectivity index (χ4n) is 1.49. The van der Waals surface area contributed by atoms with Gasteiger partial charge in [-0.15, -0.1) is 0 Å². The lowest BCUT2D eigenvalue weighted by molar-refractivity contribution is 0.411. The maximum Gasteiger partial charge on any atom is 0.191 e. The Labute approximate surface area is 110 Å². The van der Waals surface area contributed by atoms with Crippen LogP contribution in [0.3, 0.4) is 0 Å². The summed E-state index contributed by atoms with van der Waals surface area (Å²) in [5.74, 6) is 2.31. The lowest BCUT2D eigenvalue weighted by Gasteiger charge is -2.07. The van der Waals surface area contributed by atoms with Crippen molar-refractivity contribution in [2.75, 3.05) is 18.6 Å². The van der Waals surface area contributed by atoms with E-state index in [1.807, 2.05) is 24.3 Å². The van der Waals surface area contributed by atoms with Gasteiger partial charge in [-0.3, -0.25) is 0 Å². The minimum absolute atomic E-state index is 0.380. The molecule has 0 unspecified atom stereocenters. The maximum atomic E-state index is 5.62. The first-order valence-corrected chi connectivity index (χ1v) is 6.32. The van der Waals surface area contributed by atoms with Crippen LogP contribution in [0.4, 0.5) is 11.6 Å². The maximum absolute atomic E-state index is 5.62. The van der Waals surface area contributed by atoms with Crippen molar-refractivity contribution in [1.82, 2.24) is 9.97 Å². The zero-order chi connectivity index (χ0) is 13.0. The van der Waals surface area contributed by atoms with Crippen molar-refractivity contribution in [3.63, 3.8) is 0 Å². The molecule has 2 rings (SSSR count). The second kappa shape index (κ2) is 5.59. The number of hydrogen-bond donors (Lipinski definition) is 2. The Morgan fingerprint density at radius 1 is 1.17 bits per heavy atom. The highest BCUT2D eigenvalue weighted by atomic mass is 32.2. The highest BCUT2D eigenvalue weighted by Gasteiger charge is 2.05. The Bertz CT molecular complexity index is 527. The van der Waals surface area contributed by atoms with Crippen molar-refractivity contribution in [3.05, 3.63) is 35.9 Å². The molecular weight excluding hydrogens is 248 g/mol. The van der Waals surface area contributed by atoms with Crippen molar-refractivity contribution >= 4 is 23.4 Å². The van der Waals surface area contributed by atoms with Crippen LogP contribution in [0.25, 0.3) is 0 Å². The minimum atomic E-state index is 0.380. The molecule has 0 aliphatic rings. The highest BCUT2D eigenvalue weighted by Crippen LogP contribution is 2.26. The third-order valence-electron chi connectivity index (χ3n) is 2.29. The third-order valence-corrected chi connectivity index (χ3v) is 3.19. The van der Waals surface area contributed by atoms with Crippen molar-refractivity contribution in [3.8, 4) is 5.75 Å². The molecule has 0 bridgehead atoms.